The fourth-order valence-corrected chi connectivity index (χ4v) is 4.31. The molecule has 0 saturated heterocycles. The zero-order valence-electron chi connectivity index (χ0n) is 18.5. The zero-order chi connectivity index (χ0) is 22.7. The van der Waals surface area contributed by atoms with Gasteiger partial charge in [-0.1, -0.05) is 60.2 Å². The SMILES string of the molecule is CCN1C(=S)NC(c2ccc(Oc3ccc(C)cc3)cc2)C(C(=O)c2ccccc2)=C1C. The van der Waals surface area contributed by atoms with Crippen LogP contribution >= 0.6 is 12.2 Å². The number of carbonyl (C=O) groups is 1. The maximum atomic E-state index is 13.5. The van der Waals surface area contributed by atoms with E-state index in [0.29, 0.717) is 22.8 Å². The van der Waals surface area contributed by atoms with Gasteiger partial charge in [0.15, 0.2) is 10.9 Å². The number of aryl methyl sites for hydroxylation is 1. The summed E-state index contributed by atoms with van der Waals surface area (Å²) in [4.78, 5) is 15.5. The molecule has 0 aliphatic carbocycles. The van der Waals surface area contributed by atoms with Gasteiger partial charge in [-0.05, 0) is 62.8 Å². The number of carbonyl (C=O) groups excluding carboxylic acids is 1. The van der Waals surface area contributed by atoms with Crippen LogP contribution in [0.3, 0.4) is 0 Å². The molecule has 4 nitrogen and oxygen atoms in total. The molecule has 3 aromatic carbocycles. The molecule has 0 radical (unpaired) electrons. The molecule has 32 heavy (non-hydrogen) atoms. The van der Waals surface area contributed by atoms with Crippen molar-refractivity contribution in [3.05, 3.63) is 107 Å². The van der Waals surface area contributed by atoms with Crippen molar-refractivity contribution < 1.29 is 9.53 Å². The van der Waals surface area contributed by atoms with Gasteiger partial charge in [0.05, 0.1) is 6.04 Å². The van der Waals surface area contributed by atoms with E-state index < -0.39 is 0 Å². The number of rotatable bonds is 6. The second kappa shape index (κ2) is 9.37. The van der Waals surface area contributed by atoms with Crippen LogP contribution in [0.1, 0.15) is 41.4 Å². The van der Waals surface area contributed by atoms with Crippen molar-refractivity contribution in [2.45, 2.75) is 26.8 Å². The molecule has 1 N–H and O–H groups in total. The van der Waals surface area contributed by atoms with E-state index in [0.717, 1.165) is 22.8 Å². The van der Waals surface area contributed by atoms with E-state index in [-0.39, 0.29) is 11.8 Å². The fraction of sp³-hybridized carbons (Fsp3) is 0.185. The molecule has 5 heteroatoms. The second-order valence-corrected chi connectivity index (χ2v) is 8.19. The number of allylic oxidation sites excluding steroid dienone is 1. The standard InChI is InChI=1S/C27H26N2O2S/c1-4-29-19(3)24(26(30)21-8-6-5-7-9-21)25(28-27(29)32)20-12-16-23(17-13-20)31-22-14-10-18(2)11-15-22/h5-17,25H,4H2,1-3H3,(H,28,32). The van der Waals surface area contributed by atoms with Crippen LogP contribution in [0, 0.1) is 6.92 Å². The Kier molecular flexibility index (Phi) is 6.37. The number of hydrogen-bond donors (Lipinski definition) is 1. The summed E-state index contributed by atoms with van der Waals surface area (Å²) in [5, 5.41) is 4.00. The molecule has 0 aromatic heterocycles. The lowest BCUT2D eigenvalue weighted by Gasteiger charge is -2.37. The summed E-state index contributed by atoms with van der Waals surface area (Å²) in [6, 6.07) is 24.8. The molecule has 162 valence electrons. The van der Waals surface area contributed by atoms with Crippen molar-refractivity contribution in [1.29, 1.82) is 0 Å². The van der Waals surface area contributed by atoms with Gasteiger partial charge in [-0.25, -0.2) is 0 Å². The molecule has 0 amide bonds. The van der Waals surface area contributed by atoms with Crippen molar-refractivity contribution in [3.63, 3.8) is 0 Å². The van der Waals surface area contributed by atoms with Gasteiger partial charge in [-0.2, -0.15) is 0 Å². The number of ether oxygens (including phenoxy) is 1. The summed E-state index contributed by atoms with van der Waals surface area (Å²) >= 11 is 5.60. The number of nitrogens with zero attached hydrogens (tertiary/aromatic N) is 1. The van der Waals surface area contributed by atoms with Gasteiger partial charge in [0.2, 0.25) is 0 Å². The fourth-order valence-electron chi connectivity index (χ4n) is 3.92. The summed E-state index contributed by atoms with van der Waals surface area (Å²) in [5.41, 5.74) is 4.40. The lowest BCUT2D eigenvalue weighted by molar-refractivity contribution is 0.102. The lowest BCUT2D eigenvalue weighted by atomic mass is 9.89. The van der Waals surface area contributed by atoms with E-state index >= 15 is 0 Å². The van der Waals surface area contributed by atoms with Gasteiger partial charge in [0, 0.05) is 23.4 Å². The maximum absolute atomic E-state index is 13.5. The van der Waals surface area contributed by atoms with Crippen LogP contribution in [0.15, 0.2) is 90.1 Å². The summed E-state index contributed by atoms with van der Waals surface area (Å²) in [6.07, 6.45) is 0. The first-order valence-electron chi connectivity index (χ1n) is 10.7. The third kappa shape index (κ3) is 4.43. The third-order valence-corrected chi connectivity index (χ3v) is 6.00. The maximum Gasteiger partial charge on any atom is 0.193 e. The summed E-state index contributed by atoms with van der Waals surface area (Å²) in [5.74, 6) is 1.53. The van der Waals surface area contributed by atoms with Gasteiger partial charge < -0.3 is 15.0 Å². The minimum absolute atomic E-state index is 0.00142. The molecule has 1 aliphatic rings. The average Bonchev–Trinajstić information content (AvgIpc) is 2.81. The highest BCUT2D eigenvalue weighted by Crippen LogP contribution is 2.34. The van der Waals surface area contributed by atoms with Crippen LogP contribution in [0.4, 0.5) is 0 Å². The molecule has 0 fully saturated rings. The van der Waals surface area contributed by atoms with Crippen LogP contribution in [-0.2, 0) is 0 Å². The van der Waals surface area contributed by atoms with E-state index in [2.05, 4.69) is 5.32 Å². The van der Waals surface area contributed by atoms with Crippen molar-refractivity contribution in [2.24, 2.45) is 0 Å². The summed E-state index contributed by atoms with van der Waals surface area (Å²) in [7, 11) is 0. The quantitative estimate of drug-likeness (QED) is 0.364. The smallest absolute Gasteiger partial charge is 0.193 e. The Morgan fingerprint density at radius 3 is 2.12 bits per heavy atom. The van der Waals surface area contributed by atoms with E-state index in [4.69, 9.17) is 17.0 Å². The molecule has 1 unspecified atom stereocenters. The molecule has 0 spiro atoms. The van der Waals surface area contributed by atoms with Crippen LogP contribution in [0.5, 0.6) is 11.5 Å². The number of thiocarbonyl (C=S) groups is 1. The van der Waals surface area contributed by atoms with Crippen molar-refractivity contribution in [2.75, 3.05) is 6.54 Å². The Balaban J connectivity index is 1.67. The van der Waals surface area contributed by atoms with E-state index in [9.17, 15) is 4.79 Å². The third-order valence-electron chi connectivity index (χ3n) is 5.66. The highest BCUT2D eigenvalue weighted by atomic mass is 32.1. The Morgan fingerprint density at radius 1 is 0.938 bits per heavy atom. The predicted octanol–water partition coefficient (Wildman–Crippen LogP) is 6.20. The Morgan fingerprint density at radius 2 is 1.53 bits per heavy atom. The number of hydrogen-bond acceptors (Lipinski definition) is 3. The number of nitrogens with one attached hydrogen (secondary N) is 1. The molecule has 0 bridgehead atoms. The van der Waals surface area contributed by atoms with Crippen LogP contribution in [0.2, 0.25) is 0 Å². The summed E-state index contributed by atoms with van der Waals surface area (Å²) < 4.78 is 5.96. The second-order valence-electron chi connectivity index (χ2n) is 7.81. The minimum atomic E-state index is -0.327. The first-order chi connectivity index (χ1) is 15.5. The number of benzene rings is 3. The molecule has 1 atom stereocenters. The lowest BCUT2D eigenvalue weighted by Crippen LogP contribution is -2.47. The van der Waals surface area contributed by atoms with E-state index in [1.54, 1.807) is 0 Å². The predicted molar refractivity (Wildman–Crippen MR) is 132 cm³/mol. The highest BCUT2D eigenvalue weighted by Gasteiger charge is 2.33. The monoisotopic (exact) mass is 442 g/mol. The van der Waals surface area contributed by atoms with Crippen LogP contribution in [0.25, 0.3) is 0 Å². The first kappa shape index (κ1) is 21.8. The van der Waals surface area contributed by atoms with Crippen LogP contribution < -0.4 is 10.1 Å². The molecule has 3 aromatic rings. The summed E-state index contributed by atoms with van der Waals surface area (Å²) in [6.45, 7) is 6.73. The normalized spacial score (nSPS) is 16.0. The van der Waals surface area contributed by atoms with Gasteiger partial charge >= 0.3 is 0 Å². The van der Waals surface area contributed by atoms with Crippen molar-refractivity contribution in [3.8, 4) is 11.5 Å². The Labute approximate surface area is 194 Å². The van der Waals surface area contributed by atoms with E-state index in [1.165, 1.54) is 5.56 Å². The van der Waals surface area contributed by atoms with Gasteiger partial charge in [-0.15, -0.1) is 0 Å². The molecule has 1 aliphatic heterocycles. The van der Waals surface area contributed by atoms with Crippen molar-refractivity contribution >= 4 is 23.1 Å². The van der Waals surface area contributed by atoms with Gasteiger partial charge in [0.25, 0.3) is 0 Å². The largest absolute Gasteiger partial charge is 0.457 e. The molecule has 1 heterocycles. The minimum Gasteiger partial charge on any atom is -0.457 e. The Hall–Kier alpha value is -3.44. The molecular formula is C27H26N2O2S. The van der Waals surface area contributed by atoms with Gasteiger partial charge in [0.1, 0.15) is 11.5 Å². The molecule has 0 saturated carbocycles. The van der Waals surface area contributed by atoms with Crippen LogP contribution in [-0.4, -0.2) is 22.3 Å². The zero-order valence-corrected chi connectivity index (χ0v) is 19.3. The topological polar surface area (TPSA) is 41.6 Å². The number of ketones is 1. The molecule has 4 rings (SSSR count). The average molecular weight is 443 g/mol. The highest BCUT2D eigenvalue weighted by molar-refractivity contribution is 7.80. The van der Waals surface area contributed by atoms with Crippen molar-refractivity contribution in [1.82, 2.24) is 10.2 Å². The molecular weight excluding hydrogens is 416 g/mol. The first-order valence-corrected chi connectivity index (χ1v) is 11.1. The number of Topliss-reactive ketones (excluding diaryl/α,β-unsaturated/α-hetero) is 1. The Bertz CT molecular complexity index is 1150. The van der Waals surface area contributed by atoms with E-state index in [1.807, 2.05) is 105 Å². The van der Waals surface area contributed by atoms with Gasteiger partial charge in [-0.3, -0.25) is 4.79 Å².